The molecule has 0 saturated carbocycles. The topological polar surface area (TPSA) is 59.6 Å². The molecule has 0 rings (SSSR count). The lowest BCUT2D eigenvalue weighted by Crippen LogP contribution is -2.25. The standard InChI is InChI=1S/C14H30N2O3/c1-4-14(17)16-8-6-10-19-12-11-18-9-5-7-15-13(2)3/h13,15H,4-12H2,1-3H3,(H,16,17). The third-order valence-electron chi connectivity index (χ3n) is 2.50. The normalized spacial score (nSPS) is 10.9. The first-order valence-corrected chi connectivity index (χ1v) is 7.32. The van der Waals surface area contributed by atoms with Gasteiger partial charge in [0.2, 0.25) is 5.91 Å². The molecule has 0 aromatic heterocycles. The molecule has 0 atom stereocenters. The molecule has 0 heterocycles. The molecule has 0 aliphatic heterocycles. The molecule has 0 fully saturated rings. The molecule has 0 aromatic rings. The molecule has 0 radical (unpaired) electrons. The van der Waals surface area contributed by atoms with Crippen molar-refractivity contribution in [1.82, 2.24) is 10.6 Å². The van der Waals surface area contributed by atoms with Crippen molar-refractivity contribution in [2.24, 2.45) is 0 Å². The second-order valence-electron chi connectivity index (χ2n) is 4.74. The van der Waals surface area contributed by atoms with Crippen molar-refractivity contribution in [3.05, 3.63) is 0 Å². The zero-order valence-corrected chi connectivity index (χ0v) is 12.7. The molecule has 0 unspecified atom stereocenters. The molecular formula is C14H30N2O3. The van der Waals surface area contributed by atoms with Crippen LogP contribution < -0.4 is 10.6 Å². The number of amides is 1. The van der Waals surface area contributed by atoms with Crippen molar-refractivity contribution in [3.8, 4) is 0 Å². The fourth-order valence-electron chi connectivity index (χ4n) is 1.41. The van der Waals surface area contributed by atoms with E-state index in [2.05, 4.69) is 24.5 Å². The smallest absolute Gasteiger partial charge is 0.219 e. The van der Waals surface area contributed by atoms with Gasteiger partial charge in [0.25, 0.3) is 0 Å². The molecule has 19 heavy (non-hydrogen) atoms. The Morgan fingerprint density at radius 1 is 1.00 bits per heavy atom. The zero-order valence-electron chi connectivity index (χ0n) is 12.7. The molecule has 2 N–H and O–H groups in total. The number of carbonyl (C=O) groups is 1. The van der Waals surface area contributed by atoms with Gasteiger partial charge in [-0.1, -0.05) is 20.8 Å². The minimum absolute atomic E-state index is 0.0957. The van der Waals surface area contributed by atoms with Crippen LogP contribution in [0.3, 0.4) is 0 Å². The fourth-order valence-corrected chi connectivity index (χ4v) is 1.41. The van der Waals surface area contributed by atoms with E-state index in [0.717, 1.165) is 26.0 Å². The number of nitrogens with one attached hydrogen (secondary N) is 2. The summed E-state index contributed by atoms with van der Waals surface area (Å²) in [6, 6.07) is 0.538. The van der Waals surface area contributed by atoms with E-state index in [4.69, 9.17) is 9.47 Å². The predicted octanol–water partition coefficient (Wildman–Crippen LogP) is 1.32. The number of rotatable bonds is 13. The van der Waals surface area contributed by atoms with E-state index in [1.165, 1.54) is 0 Å². The van der Waals surface area contributed by atoms with E-state index in [-0.39, 0.29) is 5.91 Å². The Labute approximate surface area is 117 Å². The summed E-state index contributed by atoms with van der Waals surface area (Å²) < 4.78 is 10.8. The van der Waals surface area contributed by atoms with E-state index >= 15 is 0 Å². The Morgan fingerprint density at radius 2 is 1.58 bits per heavy atom. The number of ether oxygens (including phenoxy) is 2. The van der Waals surface area contributed by atoms with Crippen LogP contribution in [0.2, 0.25) is 0 Å². The predicted molar refractivity (Wildman–Crippen MR) is 77.3 cm³/mol. The van der Waals surface area contributed by atoms with Crippen LogP contribution in [-0.2, 0) is 14.3 Å². The quantitative estimate of drug-likeness (QED) is 0.497. The van der Waals surface area contributed by atoms with Crippen molar-refractivity contribution < 1.29 is 14.3 Å². The minimum atomic E-state index is 0.0957. The van der Waals surface area contributed by atoms with Crippen molar-refractivity contribution in [2.45, 2.75) is 46.1 Å². The Hall–Kier alpha value is -0.650. The van der Waals surface area contributed by atoms with Gasteiger partial charge in [-0.3, -0.25) is 4.79 Å². The Bertz CT molecular complexity index is 211. The lowest BCUT2D eigenvalue weighted by molar-refractivity contribution is -0.120. The molecule has 5 nitrogen and oxygen atoms in total. The largest absolute Gasteiger partial charge is 0.379 e. The summed E-state index contributed by atoms with van der Waals surface area (Å²) in [5.41, 5.74) is 0. The van der Waals surface area contributed by atoms with Crippen LogP contribution in [0.5, 0.6) is 0 Å². The van der Waals surface area contributed by atoms with Crippen LogP contribution in [0, 0.1) is 0 Å². The van der Waals surface area contributed by atoms with Gasteiger partial charge in [0.15, 0.2) is 0 Å². The second kappa shape index (κ2) is 13.8. The number of carbonyl (C=O) groups excluding carboxylic acids is 1. The first-order valence-electron chi connectivity index (χ1n) is 7.32. The van der Waals surface area contributed by atoms with Gasteiger partial charge in [-0.05, 0) is 19.4 Å². The minimum Gasteiger partial charge on any atom is -0.379 e. The van der Waals surface area contributed by atoms with E-state index in [1.54, 1.807) is 0 Å². The molecule has 0 aliphatic carbocycles. The molecule has 0 aromatic carbocycles. The zero-order chi connectivity index (χ0) is 14.3. The summed E-state index contributed by atoms with van der Waals surface area (Å²) in [5.74, 6) is 0.0957. The first kappa shape index (κ1) is 18.4. The van der Waals surface area contributed by atoms with Gasteiger partial charge in [0.1, 0.15) is 0 Å². The van der Waals surface area contributed by atoms with Gasteiger partial charge >= 0.3 is 0 Å². The molecule has 0 spiro atoms. The summed E-state index contributed by atoms with van der Waals surface area (Å²) in [6.45, 7) is 10.5. The number of hydrogen-bond acceptors (Lipinski definition) is 4. The maximum atomic E-state index is 10.9. The number of hydrogen-bond donors (Lipinski definition) is 2. The first-order chi connectivity index (χ1) is 9.16. The van der Waals surface area contributed by atoms with Crippen LogP contribution in [0.1, 0.15) is 40.0 Å². The Balaban J connectivity index is 3.01. The van der Waals surface area contributed by atoms with Gasteiger partial charge in [0.05, 0.1) is 13.2 Å². The second-order valence-corrected chi connectivity index (χ2v) is 4.74. The van der Waals surface area contributed by atoms with E-state index in [9.17, 15) is 4.79 Å². The van der Waals surface area contributed by atoms with Gasteiger partial charge < -0.3 is 20.1 Å². The molecule has 114 valence electrons. The van der Waals surface area contributed by atoms with E-state index in [0.29, 0.717) is 38.8 Å². The Morgan fingerprint density at radius 3 is 2.11 bits per heavy atom. The van der Waals surface area contributed by atoms with Crippen LogP contribution in [0.25, 0.3) is 0 Å². The summed E-state index contributed by atoms with van der Waals surface area (Å²) in [4.78, 5) is 10.9. The van der Waals surface area contributed by atoms with Gasteiger partial charge in [-0.2, -0.15) is 0 Å². The van der Waals surface area contributed by atoms with Crippen molar-refractivity contribution in [2.75, 3.05) is 39.5 Å². The van der Waals surface area contributed by atoms with Crippen molar-refractivity contribution in [1.29, 1.82) is 0 Å². The molecule has 1 amide bonds. The van der Waals surface area contributed by atoms with Crippen LogP contribution in [0.15, 0.2) is 0 Å². The maximum absolute atomic E-state index is 10.9. The van der Waals surface area contributed by atoms with Crippen molar-refractivity contribution >= 4 is 5.91 Å². The third-order valence-corrected chi connectivity index (χ3v) is 2.50. The summed E-state index contributed by atoms with van der Waals surface area (Å²) in [6.07, 6.45) is 2.42. The fraction of sp³-hybridized carbons (Fsp3) is 0.929. The summed E-state index contributed by atoms with van der Waals surface area (Å²) >= 11 is 0. The van der Waals surface area contributed by atoms with Crippen molar-refractivity contribution in [3.63, 3.8) is 0 Å². The Kier molecular flexibility index (Phi) is 13.3. The lowest BCUT2D eigenvalue weighted by atomic mass is 10.3. The van der Waals surface area contributed by atoms with Crippen LogP contribution in [-0.4, -0.2) is 51.5 Å². The van der Waals surface area contributed by atoms with Crippen LogP contribution >= 0.6 is 0 Å². The monoisotopic (exact) mass is 274 g/mol. The maximum Gasteiger partial charge on any atom is 0.219 e. The molecule has 0 saturated heterocycles. The van der Waals surface area contributed by atoms with Gasteiger partial charge in [0, 0.05) is 32.2 Å². The van der Waals surface area contributed by atoms with Gasteiger partial charge in [-0.15, -0.1) is 0 Å². The average molecular weight is 274 g/mol. The third kappa shape index (κ3) is 15.3. The molecular weight excluding hydrogens is 244 g/mol. The molecule has 0 aliphatic rings. The summed E-state index contributed by atoms with van der Waals surface area (Å²) in [7, 11) is 0. The SMILES string of the molecule is CCC(=O)NCCCOCCOCCCNC(C)C. The molecule has 5 heteroatoms. The lowest BCUT2D eigenvalue weighted by Gasteiger charge is -2.08. The van der Waals surface area contributed by atoms with E-state index < -0.39 is 0 Å². The highest BCUT2D eigenvalue weighted by atomic mass is 16.5. The summed E-state index contributed by atoms with van der Waals surface area (Å²) in [5, 5.41) is 6.15. The van der Waals surface area contributed by atoms with Crippen LogP contribution in [0.4, 0.5) is 0 Å². The molecule has 0 bridgehead atoms. The highest BCUT2D eigenvalue weighted by Gasteiger charge is 1.96. The highest BCUT2D eigenvalue weighted by molar-refractivity contribution is 5.75. The average Bonchev–Trinajstić information content (AvgIpc) is 2.39. The van der Waals surface area contributed by atoms with Gasteiger partial charge in [-0.25, -0.2) is 0 Å². The van der Waals surface area contributed by atoms with E-state index in [1.807, 2.05) is 6.92 Å². The highest BCUT2D eigenvalue weighted by Crippen LogP contribution is 1.86.